The topological polar surface area (TPSA) is 56.6 Å². The second-order valence-electron chi connectivity index (χ2n) is 4.86. The summed E-state index contributed by atoms with van der Waals surface area (Å²) in [5.74, 6) is 1.35. The molecule has 1 aliphatic heterocycles. The van der Waals surface area contributed by atoms with Gasteiger partial charge < -0.3 is 15.7 Å². The van der Waals surface area contributed by atoms with Crippen LogP contribution in [0.5, 0.6) is 0 Å². The Morgan fingerprint density at radius 2 is 2.12 bits per heavy atom. The maximum absolute atomic E-state index is 10.1. The molecule has 0 bridgehead atoms. The van der Waals surface area contributed by atoms with Gasteiger partial charge in [0, 0.05) is 19.6 Å². The van der Waals surface area contributed by atoms with Gasteiger partial charge in [0.25, 0.3) is 0 Å². The molecule has 0 aromatic heterocycles. The van der Waals surface area contributed by atoms with Gasteiger partial charge in [0.05, 0.1) is 6.10 Å². The van der Waals surface area contributed by atoms with Gasteiger partial charge >= 0.3 is 0 Å². The lowest BCUT2D eigenvalue weighted by Crippen LogP contribution is -2.45. The van der Waals surface area contributed by atoms with Gasteiger partial charge in [-0.25, -0.2) is 0 Å². The van der Waals surface area contributed by atoms with Crippen LogP contribution in [0.15, 0.2) is 4.99 Å². The van der Waals surface area contributed by atoms with Gasteiger partial charge in [-0.1, -0.05) is 19.3 Å². The van der Waals surface area contributed by atoms with Crippen LogP contribution in [0.4, 0.5) is 0 Å². The zero-order valence-electron chi connectivity index (χ0n) is 9.91. The molecule has 0 radical (unpaired) electrons. The first-order valence-corrected chi connectivity index (χ1v) is 6.56. The van der Waals surface area contributed by atoms with Crippen molar-refractivity contribution in [2.45, 2.75) is 44.6 Å². The van der Waals surface area contributed by atoms with Crippen molar-refractivity contribution in [1.29, 1.82) is 0 Å². The summed E-state index contributed by atoms with van der Waals surface area (Å²) in [7, 11) is 0. The minimum absolute atomic E-state index is 0.216. The van der Waals surface area contributed by atoms with Crippen molar-refractivity contribution in [3.05, 3.63) is 0 Å². The SMILES string of the molecule is OC(CNC1=NCCCN1)C1CCCCC1. The maximum Gasteiger partial charge on any atom is 0.191 e. The summed E-state index contributed by atoms with van der Waals surface area (Å²) in [5, 5.41) is 16.5. The Morgan fingerprint density at radius 1 is 1.31 bits per heavy atom. The number of aliphatic hydroxyl groups is 1. The average molecular weight is 225 g/mol. The Morgan fingerprint density at radius 3 is 2.81 bits per heavy atom. The van der Waals surface area contributed by atoms with Gasteiger partial charge in [0.2, 0.25) is 0 Å². The molecule has 16 heavy (non-hydrogen) atoms. The molecule has 92 valence electrons. The van der Waals surface area contributed by atoms with Crippen LogP contribution in [0.3, 0.4) is 0 Å². The van der Waals surface area contributed by atoms with E-state index in [9.17, 15) is 5.11 Å². The fourth-order valence-corrected chi connectivity index (χ4v) is 2.54. The number of hydrogen-bond donors (Lipinski definition) is 3. The second-order valence-corrected chi connectivity index (χ2v) is 4.86. The molecule has 1 saturated carbocycles. The Labute approximate surface area is 97.5 Å². The lowest BCUT2D eigenvalue weighted by Gasteiger charge is -2.27. The van der Waals surface area contributed by atoms with Gasteiger partial charge in [-0.2, -0.15) is 0 Å². The van der Waals surface area contributed by atoms with Crippen LogP contribution in [0.1, 0.15) is 38.5 Å². The molecule has 3 N–H and O–H groups in total. The number of nitrogens with one attached hydrogen (secondary N) is 2. The number of nitrogens with zero attached hydrogens (tertiary/aromatic N) is 1. The average Bonchev–Trinajstić information content (AvgIpc) is 2.38. The summed E-state index contributed by atoms with van der Waals surface area (Å²) >= 11 is 0. The smallest absolute Gasteiger partial charge is 0.191 e. The highest BCUT2D eigenvalue weighted by Gasteiger charge is 2.21. The molecule has 0 aromatic rings. The van der Waals surface area contributed by atoms with Gasteiger partial charge in [-0.05, 0) is 25.2 Å². The third kappa shape index (κ3) is 3.37. The molecule has 1 fully saturated rings. The van der Waals surface area contributed by atoms with E-state index < -0.39 is 0 Å². The fourth-order valence-electron chi connectivity index (χ4n) is 2.54. The normalized spacial score (nSPS) is 24.4. The first-order valence-electron chi connectivity index (χ1n) is 6.56. The fraction of sp³-hybridized carbons (Fsp3) is 0.917. The van der Waals surface area contributed by atoms with E-state index in [1.807, 2.05) is 0 Å². The van der Waals surface area contributed by atoms with Crippen LogP contribution in [0, 0.1) is 5.92 Å². The number of rotatable bonds is 3. The molecule has 0 saturated heterocycles. The van der Waals surface area contributed by atoms with Crippen molar-refractivity contribution in [1.82, 2.24) is 10.6 Å². The Kier molecular flexibility index (Phi) is 4.45. The van der Waals surface area contributed by atoms with Gasteiger partial charge in [-0.15, -0.1) is 0 Å². The van der Waals surface area contributed by atoms with Gasteiger partial charge in [0.1, 0.15) is 0 Å². The van der Waals surface area contributed by atoms with E-state index in [-0.39, 0.29) is 6.10 Å². The third-order valence-corrected chi connectivity index (χ3v) is 3.57. The molecule has 4 heteroatoms. The monoisotopic (exact) mass is 225 g/mol. The first kappa shape index (κ1) is 11.7. The predicted octanol–water partition coefficient (Wildman–Crippen LogP) is 0.866. The summed E-state index contributed by atoms with van der Waals surface area (Å²) in [4.78, 5) is 4.33. The Bertz CT molecular complexity index is 236. The van der Waals surface area contributed by atoms with E-state index in [1.54, 1.807) is 0 Å². The van der Waals surface area contributed by atoms with E-state index in [2.05, 4.69) is 15.6 Å². The standard InChI is InChI=1S/C12H23N3O/c16-11(10-5-2-1-3-6-10)9-15-12-13-7-4-8-14-12/h10-11,16H,1-9H2,(H2,13,14,15). The van der Waals surface area contributed by atoms with E-state index in [1.165, 1.54) is 32.1 Å². The van der Waals surface area contributed by atoms with Crippen LogP contribution < -0.4 is 10.6 Å². The van der Waals surface area contributed by atoms with Crippen molar-refractivity contribution in [3.63, 3.8) is 0 Å². The minimum atomic E-state index is -0.216. The van der Waals surface area contributed by atoms with Crippen LogP contribution in [-0.4, -0.2) is 36.8 Å². The van der Waals surface area contributed by atoms with E-state index >= 15 is 0 Å². The molecule has 0 amide bonds. The lowest BCUT2D eigenvalue weighted by molar-refractivity contribution is 0.0879. The van der Waals surface area contributed by atoms with E-state index in [0.717, 1.165) is 25.5 Å². The molecule has 2 rings (SSSR count). The van der Waals surface area contributed by atoms with Crippen molar-refractivity contribution in [2.24, 2.45) is 10.9 Å². The zero-order chi connectivity index (χ0) is 11.2. The molecule has 1 heterocycles. The molecule has 0 spiro atoms. The zero-order valence-corrected chi connectivity index (χ0v) is 9.91. The molecule has 4 nitrogen and oxygen atoms in total. The highest BCUT2D eigenvalue weighted by molar-refractivity contribution is 5.80. The largest absolute Gasteiger partial charge is 0.391 e. The third-order valence-electron chi connectivity index (χ3n) is 3.57. The number of guanidine groups is 1. The van der Waals surface area contributed by atoms with Crippen LogP contribution in [0.25, 0.3) is 0 Å². The van der Waals surface area contributed by atoms with Crippen LogP contribution in [-0.2, 0) is 0 Å². The summed E-state index contributed by atoms with van der Waals surface area (Å²) in [6.07, 6.45) is 7.15. The Balaban J connectivity index is 1.69. The lowest BCUT2D eigenvalue weighted by atomic mass is 9.85. The maximum atomic E-state index is 10.1. The van der Waals surface area contributed by atoms with E-state index in [4.69, 9.17) is 0 Å². The number of hydrogen-bond acceptors (Lipinski definition) is 4. The van der Waals surface area contributed by atoms with E-state index in [0.29, 0.717) is 12.5 Å². The van der Waals surface area contributed by atoms with Gasteiger partial charge in [-0.3, -0.25) is 4.99 Å². The van der Waals surface area contributed by atoms with Crippen molar-refractivity contribution >= 4 is 5.96 Å². The highest BCUT2D eigenvalue weighted by Crippen LogP contribution is 2.26. The molecular weight excluding hydrogens is 202 g/mol. The molecule has 1 atom stereocenters. The highest BCUT2D eigenvalue weighted by atomic mass is 16.3. The second kappa shape index (κ2) is 6.09. The van der Waals surface area contributed by atoms with Crippen LogP contribution in [0.2, 0.25) is 0 Å². The molecule has 1 aliphatic carbocycles. The van der Waals surface area contributed by atoms with Crippen molar-refractivity contribution in [2.75, 3.05) is 19.6 Å². The summed E-state index contributed by atoms with van der Waals surface area (Å²) in [6.45, 7) is 2.52. The minimum Gasteiger partial charge on any atom is -0.391 e. The van der Waals surface area contributed by atoms with Crippen molar-refractivity contribution < 1.29 is 5.11 Å². The number of aliphatic imine (C=N–C) groups is 1. The molecule has 1 unspecified atom stereocenters. The summed E-state index contributed by atoms with van der Waals surface area (Å²) in [6, 6.07) is 0. The number of aliphatic hydroxyl groups excluding tert-OH is 1. The van der Waals surface area contributed by atoms with Crippen LogP contribution >= 0.6 is 0 Å². The summed E-state index contributed by atoms with van der Waals surface area (Å²) in [5.41, 5.74) is 0. The molecule has 0 aromatic carbocycles. The Hall–Kier alpha value is -0.770. The molecule has 2 aliphatic rings. The first-order chi connectivity index (χ1) is 7.86. The predicted molar refractivity (Wildman–Crippen MR) is 65.5 cm³/mol. The quantitative estimate of drug-likeness (QED) is 0.668. The van der Waals surface area contributed by atoms with Crippen molar-refractivity contribution in [3.8, 4) is 0 Å². The van der Waals surface area contributed by atoms with Gasteiger partial charge in [0.15, 0.2) is 5.96 Å². The molecular formula is C12H23N3O. The summed E-state index contributed by atoms with van der Waals surface area (Å²) < 4.78 is 0.